The SMILES string of the molecule is C=CC(=O)OCOc1ccc2cc(-c3ccccc3)oc2c1. The largest absolute Gasteiger partial charge is 0.457 e. The molecule has 0 unspecified atom stereocenters. The first-order valence-electron chi connectivity index (χ1n) is 6.77. The highest BCUT2D eigenvalue weighted by atomic mass is 16.7. The highest BCUT2D eigenvalue weighted by Crippen LogP contribution is 2.30. The second kappa shape index (κ2) is 6.18. The van der Waals surface area contributed by atoms with E-state index in [1.165, 1.54) is 0 Å². The molecule has 0 amide bonds. The maximum Gasteiger partial charge on any atom is 0.333 e. The molecule has 0 spiro atoms. The molecule has 0 saturated carbocycles. The van der Waals surface area contributed by atoms with Gasteiger partial charge in [0, 0.05) is 23.1 Å². The molecule has 0 radical (unpaired) electrons. The standard InChI is InChI=1S/C18H14O4/c1-2-18(19)21-12-20-15-9-8-14-10-16(22-17(14)11-15)13-6-4-3-5-7-13/h2-11H,1,12H2. The topological polar surface area (TPSA) is 48.7 Å². The van der Waals surface area contributed by atoms with Gasteiger partial charge in [-0.1, -0.05) is 36.9 Å². The van der Waals surface area contributed by atoms with Gasteiger partial charge < -0.3 is 13.9 Å². The van der Waals surface area contributed by atoms with Crippen LogP contribution in [0.2, 0.25) is 0 Å². The third-order valence-electron chi connectivity index (χ3n) is 3.14. The van der Waals surface area contributed by atoms with Crippen molar-refractivity contribution in [2.24, 2.45) is 0 Å². The van der Waals surface area contributed by atoms with Gasteiger partial charge in [0.1, 0.15) is 17.1 Å². The van der Waals surface area contributed by atoms with Crippen LogP contribution < -0.4 is 4.74 Å². The van der Waals surface area contributed by atoms with E-state index in [-0.39, 0.29) is 6.79 Å². The number of hydrogen-bond acceptors (Lipinski definition) is 4. The summed E-state index contributed by atoms with van der Waals surface area (Å²) in [5.74, 6) is 0.842. The number of carbonyl (C=O) groups is 1. The first-order valence-corrected chi connectivity index (χ1v) is 6.77. The third kappa shape index (κ3) is 3.01. The van der Waals surface area contributed by atoms with E-state index in [1.807, 2.05) is 42.5 Å². The second-order valence-electron chi connectivity index (χ2n) is 4.61. The zero-order valence-electron chi connectivity index (χ0n) is 11.8. The van der Waals surface area contributed by atoms with Gasteiger partial charge in [-0.3, -0.25) is 0 Å². The Morgan fingerprint density at radius 2 is 1.95 bits per heavy atom. The van der Waals surface area contributed by atoms with Gasteiger partial charge in [0.15, 0.2) is 0 Å². The van der Waals surface area contributed by atoms with Gasteiger partial charge in [0.05, 0.1) is 0 Å². The van der Waals surface area contributed by atoms with Crippen LogP contribution in [0.15, 0.2) is 71.7 Å². The fraction of sp³-hybridized carbons (Fsp3) is 0.0556. The van der Waals surface area contributed by atoms with E-state index in [0.29, 0.717) is 11.3 Å². The first-order chi connectivity index (χ1) is 10.8. The smallest absolute Gasteiger partial charge is 0.333 e. The van der Waals surface area contributed by atoms with Gasteiger partial charge in [-0.15, -0.1) is 0 Å². The molecule has 0 aliphatic heterocycles. The molecule has 0 N–H and O–H groups in total. The Labute approximate surface area is 127 Å². The van der Waals surface area contributed by atoms with Crippen LogP contribution in [0.25, 0.3) is 22.3 Å². The maximum atomic E-state index is 10.9. The van der Waals surface area contributed by atoms with Crippen molar-refractivity contribution in [3.8, 4) is 17.1 Å². The Kier molecular flexibility index (Phi) is 3.92. The Balaban J connectivity index is 1.78. The van der Waals surface area contributed by atoms with Crippen molar-refractivity contribution in [1.82, 2.24) is 0 Å². The molecule has 0 aliphatic carbocycles. The van der Waals surface area contributed by atoms with Crippen molar-refractivity contribution in [3.05, 3.63) is 67.3 Å². The lowest BCUT2D eigenvalue weighted by Crippen LogP contribution is -2.07. The van der Waals surface area contributed by atoms with Crippen molar-refractivity contribution < 1.29 is 18.7 Å². The molecule has 0 atom stereocenters. The average molecular weight is 294 g/mol. The number of ether oxygens (including phenoxy) is 2. The quantitative estimate of drug-likeness (QED) is 0.402. The van der Waals surface area contributed by atoms with Crippen LogP contribution in [0.3, 0.4) is 0 Å². The van der Waals surface area contributed by atoms with Crippen molar-refractivity contribution in [2.75, 3.05) is 6.79 Å². The summed E-state index contributed by atoms with van der Waals surface area (Å²) in [5, 5.41) is 0.981. The van der Waals surface area contributed by atoms with E-state index in [0.717, 1.165) is 22.8 Å². The Morgan fingerprint density at radius 1 is 1.14 bits per heavy atom. The molecule has 4 heteroatoms. The first kappa shape index (κ1) is 13.9. The number of carbonyl (C=O) groups excluding carboxylic acids is 1. The molecule has 3 aromatic rings. The summed E-state index contributed by atoms with van der Waals surface area (Å²) in [6.45, 7) is 3.15. The van der Waals surface area contributed by atoms with Crippen molar-refractivity contribution in [1.29, 1.82) is 0 Å². The summed E-state index contributed by atoms with van der Waals surface area (Å²) in [7, 11) is 0. The fourth-order valence-corrected chi connectivity index (χ4v) is 2.06. The van der Waals surface area contributed by atoms with Crippen LogP contribution in [0.4, 0.5) is 0 Å². The monoisotopic (exact) mass is 294 g/mol. The maximum absolute atomic E-state index is 10.9. The van der Waals surface area contributed by atoms with Crippen LogP contribution in [-0.4, -0.2) is 12.8 Å². The molecule has 1 aromatic heterocycles. The molecule has 3 rings (SSSR count). The number of benzene rings is 2. The highest BCUT2D eigenvalue weighted by molar-refractivity contribution is 5.84. The number of hydrogen-bond donors (Lipinski definition) is 0. The number of rotatable bonds is 5. The molecule has 0 bridgehead atoms. The lowest BCUT2D eigenvalue weighted by Gasteiger charge is -2.05. The molecule has 2 aromatic carbocycles. The minimum Gasteiger partial charge on any atom is -0.457 e. The number of esters is 1. The van der Waals surface area contributed by atoms with Crippen molar-refractivity contribution >= 4 is 16.9 Å². The Bertz CT molecular complexity index is 802. The van der Waals surface area contributed by atoms with E-state index < -0.39 is 5.97 Å². The second-order valence-corrected chi connectivity index (χ2v) is 4.61. The molecule has 4 nitrogen and oxygen atoms in total. The van der Waals surface area contributed by atoms with E-state index >= 15 is 0 Å². The number of furan rings is 1. The zero-order valence-corrected chi connectivity index (χ0v) is 11.8. The predicted octanol–water partition coefficient (Wildman–Crippen LogP) is 4.17. The molecule has 22 heavy (non-hydrogen) atoms. The molecule has 1 heterocycles. The summed E-state index contributed by atoms with van der Waals surface area (Å²) >= 11 is 0. The lowest BCUT2D eigenvalue weighted by molar-refractivity contribution is -0.144. The molecular formula is C18H14O4. The van der Waals surface area contributed by atoms with Gasteiger partial charge in [-0.25, -0.2) is 4.79 Å². The van der Waals surface area contributed by atoms with Crippen LogP contribution in [0, 0.1) is 0 Å². The average Bonchev–Trinajstić information content (AvgIpc) is 2.99. The van der Waals surface area contributed by atoms with Crippen LogP contribution in [-0.2, 0) is 9.53 Å². The van der Waals surface area contributed by atoms with Gasteiger partial charge in [-0.2, -0.15) is 0 Å². The predicted molar refractivity (Wildman–Crippen MR) is 83.4 cm³/mol. The summed E-state index contributed by atoms with van der Waals surface area (Å²) in [4.78, 5) is 10.9. The van der Waals surface area contributed by atoms with E-state index in [9.17, 15) is 4.79 Å². The van der Waals surface area contributed by atoms with Crippen molar-refractivity contribution in [3.63, 3.8) is 0 Å². The highest BCUT2D eigenvalue weighted by Gasteiger charge is 2.07. The normalized spacial score (nSPS) is 10.4. The summed E-state index contributed by atoms with van der Waals surface area (Å²) < 4.78 is 16.0. The van der Waals surface area contributed by atoms with Crippen LogP contribution in [0.5, 0.6) is 5.75 Å². The van der Waals surface area contributed by atoms with E-state index in [1.54, 1.807) is 12.1 Å². The van der Waals surface area contributed by atoms with E-state index in [4.69, 9.17) is 13.9 Å². The molecule has 0 saturated heterocycles. The third-order valence-corrected chi connectivity index (χ3v) is 3.14. The summed E-state index contributed by atoms with van der Waals surface area (Å²) in [6, 6.07) is 17.3. The Hall–Kier alpha value is -3.01. The fourth-order valence-electron chi connectivity index (χ4n) is 2.06. The number of fused-ring (bicyclic) bond motifs is 1. The van der Waals surface area contributed by atoms with Gasteiger partial charge in [0.2, 0.25) is 6.79 Å². The van der Waals surface area contributed by atoms with Gasteiger partial charge >= 0.3 is 5.97 Å². The minimum absolute atomic E-state index is 0.164. The molecule has 0 fully saturated rings. The summed E-state index contributed by atoms with van der Waals surface area (Å²) in [6.07, 6.45) is 1.09. The zero-order chi connectivity index (χ0) is 15.4. The van der Waals surface area contributed by atoms with Crippen LogP contribution >= 0.6 is 0 Å². The van der Waals surface area contributed by atoms with E-state index in [2.05, 4.69) is 6.58 Å². The van der Waals surface area contributed by atoms with Gasteiger partial charge in [0.25, 0.3) is 0 Å². The molecule has 0 aliphatic rings. The van der Waals surface area contributed by atoms with Gasteiger partial charge in [-0.05, 0) is 18.2 Å². The summed E-state index contributed by atoms with van der Waals surface area (Å²) in [5.41, 5.74) is 1.73. The van der Waals surface area contributed by atoms with Crippen LogP contribution in [0.1, 0.15) is 0 Å². The van der Waals surface area contributed by atoms with Crippen molar-refractivity contribution in [2.45, 2.75) is 0 Å². The lowest BCUT2D eigenvalue weighted by atomic mass is 10.1. The minimum atomic E-state index is -0.523. The Morgan fingerprint density at radius 3 is 2.73 bits per heavy atom. The molecular weight excluding hydrogens is 280 g/mol. The molecule has 110 valence electrons.